The lowest BCUT2D eigenvalue weighted by atomic mass is 10.3. The van der Waals surface area contributed by atoms with Crippen LogP contribution in [-0.2, 0) is 0 Å². The van der Waals surface area contributed by atoms with Gasteiger partial charge in [0.2, 0.25) is 5.95 Å². The van der Waals surface area contributed by atoms with Crippen molar-refractivity contribution < 1.29 is 9.18 Å². The highest BCUT2D eigenvalue weighted by Crippen LogP contribution is 2.17. The molecule has 0 aliphatic heterocycles. The van der Waals surface area contributed by atoms with Crippen LogP contribution in [0.5, 0.6) is 0 Å². The van der Waals surface area contributed by atoms with Crippen molar-refractivity contribution >= 4 is 22.4 Å². The van der Waals surface area contributed by atoms with Gasteiger partial charge < -0.3 is 0 Å². The van der Waals surface area contributed by atoms with Crippen molar-refractivity contribution in [2.75, 3.05) is 5.32 Å². The number of nitrogens with zero attached hydrogens (tertiary/aromatic N) is 2. The van der Waals surface area contributed by atoms with Crippen molar-refractivity contribution in [1.82, 2.24) is 9.97 Å². The molecule has 0 aliphatic rings. The van der Waals surface area contributed by atoms with Crippen LogP contribution in [0.1, 0.15) is 15.2 Å². The molecule has 0 aromatic carbocycles. The second-order valence-corrected chi connectivity index (χ2v) is 4.33. The van der Waals surface area contributed by atoms with Crippen molar-refractivity contribution in [1.29, 1.82) is 0 Å². The first-order valence-corrected chi connectivity index (χ1v) is 5.32. The summed E-state index contributed by atoms with van der Waals surface area (Å²) in [5.74, 6) is -0.955. The van der Waals surface area contributed by atoms with E-state index < -0.39 is 5.95 Å². The number of halogens is 1. The van der Waals surface area contributed by atoms with E-state index in [1.54, 1.807) is 6.20 Å². The highest BCUT2D eigenvalue weighted by atomic mass is 32.1. The summed E-state index contributed by atoms with van der Waals surface area (Å²) in [7, 11) is 0. The summed E-state index contributed by atoms with van der Waals surface area (Å²) < 4.78 is 12.5. The predicted molar refractivity (Wildman–Crippen MR) is 59.0 cm³/mol. The first-order chi connectivity index (χ1) is 7.65. The molecule has 4 nitrogen and oxygen atoms in total. The van der Waals surface area contributed by atoms with E-state index in [4.69, 9.17) is 0 Å². The van der Waals surface area contributed by atoms with Crippen LogP contribution in [-0.4, -0.2) is 15.9 Å². The zero-order valence-electron chi connectivity index (χ0n) is 8.40. The Labute approximate surface area is 95.2 Å². The summed E-state index contributed by atoms with van der Waals surface area (Å²) in [6.45, 7) is 1.90. The van der Waals surface area contributed by atoms with E-state index in [9.17, 15) is 9.18 Å². The molecule has 82 valence electrons. The molecular formula is C10H8FN3OS. The molecule has 0 saturated heterocycles. The lowest BCUT2D eigenvalue weighted by Crippen LogP contribution is -2.11. The Hall–Kier alpha value is -1.82. The second-order valence-electron chi connectivity index (χ2n) is 3.10. The number of nitrogens with one attached hydrogen (secondary N) is 1. The van der Waals surface area contributed by atoms with Gasteiger partial charge in [-0.1, -0.05) is 0 Å². The number of aromatic nitrogens is 2. The molecule has 0 aliphatic carbocycles. The van der Waals surface area contributed by atoms with Crippen molar-refractivity contribution in [3.05, 3.63) is 40.9 Å². The van der Waals surface area contributed by atoms with Gasteiger partial charge in [-0.2, -0.15) is 4.39 Å². The number of amides is 1. The van der Waals surface area contributed by atoms with Crippen LogP contribution in [0, 0.1) is 12.9 Å². The maximum Gasteiger partial charge on any atom is 0.259 e. The average molecular weight is 237 g/mol. The molecule has 2 heterocycles. The SMILES string of the molecule is Cc1cnc(NC(=O)c2ccc(F)nc2)s1. The Balaban J connectivity index is 2.11. The molecule has 1 amide bonds. The van der Waals surface area contributed by atoms with Crippen molar-refractivity contribution in [2.24, 2.45) is 0 Å². The highest BCUT2D eigenvalue weighted by Gasteiger charge is 2.08. The minimum Gasteiger partial charge on any atom is -0.298 e. The van der Waals surface area contributed by atoms with Crippen molar-refractivity contribution in [2.45, 2.75) is 6.92 Å². The fourth-order valence-electron chi connectivity index (χ4n) is 1.09. The number of hydrogen-bond acceptors (Lipinski definition) is 4. The molecule has 0 unspecified atom stereocenters. The van der Waals surface area contributed by atoms with Gasteiger partial charge in [0, 0.05) is 17.3 Å². The van der Waals surface area contributed by atoms with Crippen LogP contribution in [0.4, 0.5) is 9.52 Å². The quantitative estimate of drug-likeness (QED) is 0.815. The zero-order valence-corrected chi connectivity index (χ0v) is 9.21. The van der Waals surface area contributed by atoms with Crippen LogP contribution in [0.2, 0.25) is 0 Å². The average Bonchev–Trinajstić information content (AvgIpc) is 2.65. The molecule has 2 rings (SSSR count). The molecule has 0 radical (unpaired) electrons. The molecule has 0 bridgehead atoms. The molecule has 2 aromatic heterocycles. The smallest absolute Gasteiger partial charge is 0.259 e. The van der Waals surface area contributed by atoms with Gasteiger partial charge in [0.05, 0.1) is 5.56 Å². The van der Waals surface area contributed by atoms with Gasteiger partial charge in [-0.3, -0.25) is 10.1 Å². The third-order valence-electron chi connectivity index (χ3n) is 1.83. The van der Waals surface area contributed by atoms with Crippen LogP contribution in [0.3, 0.4) is 0 Å². The Morgan fingerprint density at radius 1 is 1.38 bits per heavy atom. The number of rotatable bonds is 2. The predicted octanol–water partition coefficient (Wildman–Crippen LogP) is 2.24. The molecule has 0 spiro atoms. The van der Waals surface area contributed by atoms with Gasteiger partial charge >= 0.3 is 0 Å². The summed E-state index contributed by atoms with van der Waals surface area (Å²) in [6.07, 6.45) is 2.86. The second kappa shape index (κ2) is 4.36. The molecule has 0 atom stereocenters. The summed E-state index contributed by atoms with van der Waals surface area (Å²) in [6, 6.07) is 2.51. The number of anilines is 1. The zero-order chi connectivity index (χ0) is 11.5. The fourth-order valence-corrected chi connectivity index (χ4v) is 1.75. The summed E-state index contributed by atoms with van der Waals surface area (Å²) in [4.78, 5) is 20.0. The van der Waals surface area contributed by atoms with Gasteiger partial charge in [-0.05, 0) is 19.1 Å². The summed E-state index contributed by atoms with van der Waals surface area (Å²) in [5, 5.41) is 3.12. The Morgan fingerprint density at radius 2 is 2.19 bits per heavy atom. The lowest BCUT2D eigenvalue weighted by Gasteiger charge is -2.00. The number of thiazole rings is 1. The Bertz CT molecular complexity index is 509. The molecule has 16 heavy (non-hydrogen) atoms. The van der Waals surface area contributed by atoms with Gasteiger partial charge in [0.1, 0.15) is 0 Å². The lowest BCUT2D eigenvalue weighted by molar-refractivity contribution is 0.102. The van der Waals surface area contributed by atoms with Crippen LogP contribution in [0.25, 0.3) is 0 Å². The minimum atomic E-state index is -0.610. The minimum absolute atomic E-state index is 0.300. The molecule has 0 saturated carbocycles. The maximum absolute atomic E-state index is 12.5. The van der Waals surface area contributed by atoms with E-state index >= 15 is 0 Å². The van der Waals surface area contributed by atoms with E-state index in [1.165, 1.54) is 23.6 Å². The first-order valence-electron chi connectivity index (χ1n) is 4.50. The van der Waals surface area contributed by atoms with Crippen LogP contribution < -0.4 is 5.32 Å². The fraction of sp³-hybridized carbons (Fsp3) is 0.100. The number of carbonyl (C=O) groups excluding carboxylic acids is 1. The summed E-state index contributed by atoms with van der Waals surface area (Å²) >= 11 is 1.38. The molecule has 0 fully saturated rings. The van der Waals surface area contributed by atoms with Crippen molar-refractivity contribution in [3.8, 4) is 0 Å². The van der Waals surface area contributed by atoms with Crippen LogP contribution in [0.15, 0.2) is 24.5 Å². The Morgan fingerprint density at radius 3 is 2.75 bits per heavy atom. The normalized spacial score (nSPS) is 10.1. The third-order valence-corrected chi connectivity index (χ3v) is 2.66. The molecular weight excluding hydrogens is 229 g/mol. The van der Waals surface area contributed by atoms with E-state index in [0.717, 1.165) is 10.9 Å². The van der Waals surface area contributed by atoms with Gasteiger partial charge in [-0.15, -0.1) is 11.3 Å². The highest BCUT2D eigenvalue weighted by molar-refractivity contribution is 7.15. The molecule has 6 heteroatoms. The number of hydrogen-bond donors (Lipinski definition) is 1. The number of pyridine rings is 1. The first kappa shape index (κ1) is 10.7. The molecule has 1 N–H and O–H groups in total. The number of carbonyl (C=O) groups is 1. The van der Waals surface area contributed by atoms with Gasteiger partial charge in [0.25, 0.3) is 5.91 Å². The molecule has 2 aromatic rings. The largest absolute Gasteiger partial charge is 0.298 e. The van der Waals surface area contributed by atoms with E-state index in [0.29, 0.717) is 10.7 Å². The van der Waals surface area contributed by atoms with Gasteiger partial charge in [-0.25, -0.2) is 9.97 Å². The standard InChI is InChI=1S/C10H8FN3OS/c1-6-4-13-10(16-6)14-9(15)7-2-3-8(11)12-5-7/h2-5H,1H3,(H,13,14,15). The topological polar surface area (TPSA) is 54.9 Å². The number of aryl methyl sites for hydroxylation is 1. The third kappa shape index (κ3) is 2.40. The van der Waals surface area contributed by atoms with E-state index in [2.05, 4.69) is 15.3 Å². The maximum atomic E-state index is 12.5. The monoisotopic (exact) mass is 237 g/mol. The Kier molecular flexibility index (Phi) is 2.91. The van der Waals surface area contributed by atoms with Gasteiger partial charge in [0.15, 0.2) is 5.13 Å². The summed E-state index contributed by atoms with van der Waals surface area (Å²) in [5.41, 5.74) is 0.300. The van der Waals surface area contributed by atoms with Crippen molar-refractivity contribution in [3.63, 3.8) is 0 Å². The van der Waals surface area contributed by atoms with E-state index in [1.807, 2.05) is 6.92 Å². The van der Waals surface area contributed by atoms with E-state index in [-0.39, 0.29) is 5.91 Å². The van der Waals surface area contributed by atoms with Crippen LogP contribution >= 0.6 is 11.3 Å².